The summed E-state index contributed by atoms with van der Waals surface area (Å²) in [5.74, 6) is -0.319. The van der Waals surface area contributed by atoms with E-state index < -0.39 is 0 Å². The van der Waals surface area contributed by atoms with Crippen LogP contribution in [-0.2, 0) is 9.53 Å². The van der Waals surface area contributed by atoms with Crippen LogP contribution >= 0.6 is 0 Å². The van der Waals surface area contributed by atoms with Crippen LogP contribution in [0, 0.1) is 0 Å². The lowest BCUT2D eigenvalue weighted by Crippen LogP contribution is -1.99. The number of carbonyl (C=O) groups is 1. The van der Waals surface area contributed by atoms with Gasteiger partial charge in [-0.25, -0.2) is 4.79 Å². The molecule has 0 bridgehead atoms. The minimum Gasteiger partial charge on any atom is -0.463 e. The van der Waals surface area contributed by atoms with Gasteiger partial charge in [0.15, 0.2) is 0 Å². The fraction of sp³-hybridized carbons (Fsp3) is 0.154. The Morgan fingerprint density at radius 2 is 2.19 bits per heavy atom. The van der Waals surface area contributed by atoms with Gasteiger partial charge in [0, 0.05) is 18.5 Å². The number of para-hydroxylation sites is 1. The normalized spacial score (nSPS) is 11.1. The van der Waals surface area contributed by atoms with Crippen LogP contribution in [0.1, 0.15) is 6.92 Å². The van der Waals surface area contributed by atoms with E-state index in [2.05, 4.69) is 0 Å². The van der Waals surface area contributed by atoms with Crippen molar-refractivity contribution < 1.29 is 9.53 Å². The van der Waals surface area contributed by atoms with Crippen molar-refractivity contribution in [2.75, 3.05) is 6.61 Å². The molecule has 2 rings (SSSR count). The van der Waals surface area contributed by atoms with Gasteiger partial charge in [-0.15, -0.1) is 0 Å². The monoisotopic (exact) mass is 215 g/mol. The molecule has 0 aliphatic rings. The number of carbonyl (C=O) groups excluding carboxylic acids is 1. The Kier molecular flexibility index (Phi) is 3.05. The maximum atomic E-state index is 11.2. The van der Waals surface area contributed by atoms with Gasteiger partial charge in [0.2, 0.25) is 0 Å². The summed E-state index contributed by atoms with van der Waals surface area (Å²) < 4.78 is 6.71. The number of aromatic nitrogens is 1. The summed E-state index contributed by atoms with van der Waals surface area (Å²) >= 11 is 0. The first-order chi connectivity index (χ1) is 7.81. The third-order valence-electron chi connectivity index (χ3n) is 2.29. The molecule has 0 aliphatic carbocycles. The van der Waals surface area contributed by atoms with Gasteiger partial charge >= 0.3 is 5.97 Å². The summed E-state index contributed by atoms with van der Waals surface area (Å²) in [5.41, 5.74) is 1.07. The van der Waals surface area contributed by atoms with E-state index in [0.717, 1.165) is 10.9 Å². The topological polar surface area (TPSA) is 31.2 Å². The average Bonchev–Trinajstić information content (AvgIpc) is 2.70. The summed E-state index contributed by atoms with van der Waals surface area (Å²) in [5, 5.41) is 1.15. The molecule has 0 saturated heterocycles. The predicted molar refractivity (Wildman–Crippen MR) is 63.9 cm³/mol. The van der Waals surface area contributed by atoms with Crippen molar-refractivity contribution in [3.63, 3.8) is 0 Å². The van der Waals surface area contributed by atoms with E-state index in [-0.39, 0.29) is 5.97 Å². The third kappa shape index (κ3) is 2.14. The Morgan fingerprint density at radius 1 is 1.38 bits per heavy atom. The molecule has 0 fully saturated rings. The molecule has 2 aromatic rings. The molecule has 3 nitrogen and oxygen atoms in total. The van der Waals surface area contributed by atoms with Crippen molar-refractivity contribution in [1.29, 1.82) is 0 Å². The van der Waals surface area contributed by atoms with E-state index in [1.807, 2.05) is 41.1 Å². The first-order valence-electron chi connectivity index (χ1n) is 5.22. The number of ether oxygens (including phenoxy) is 1. The molecule has 0 spiro atoms. The van der Waals surface area contributed by atoms with Gasteiger partial charge < -0.3 is 9.30 Å². The van der Waals surface area contributed by atoms with Crippen LogP contribution in [0.5, 0.6) is 0 Å². The second-order valence-electron chi connectivity index (χ2n) is 3.35. The fourth-order valence-electron chi connectivity index (χ4n) is 1.57. The molecule has 1 heterocycles. The van der Waals surface area contributed by atoms with Gasteiger partial charge in [-0.2, -0.15) is 0 Å². The summed E-state index contributed by atoms with van der Waals surface area (Å²) in [7, 11) is 0. The van der Waals surface area contributed by atoms with Crippen LogP contribution in [0.15, 0.2) is 42.6 Å². The summed E-state index contributed by atoms with van der Waals surface area (Å²) in [4.78, 5) is 11.2. The van der Waals surface area contributed by atoms with Crippen LogP contribution in [0.3, 0.4) is 0 Å². The minimum atomic E-state index is -0.319. The number of rotatable bonds is 3. The molecular weight excluding hydrogens is 202 g/mol. The summed E-state index contributed by atoms with van der Waals surface area (Å²) in [6.45, 7) is 2.19. The Hall–Kier alpha value is -2.03. The molecule has 82 valence electrons. The maximum absolute atomic E-state index is 11.2. The number of hydrogen-bond acceptors (Lipinski definition) is 2. The molecule has 0 aliphatic heterocycles. The van der Waals surface area contributed by atoms with Crippen LogP contribution in [0.25, 0.3) is 17.1 Å². The lowest BCUT2D eigenvalue weighted by atomic mass is 10.2. The molecule has 0 radical (unpaired) electrons. The van der Waals surface area contributed by atoms with Crippen LogP contribution in [0.4, 0.5) is 0 Å². The highest BCUT2D eigenvalue weighted by Crippen LogP contribution is 2.14. The summed E-state index contributed by atoms with van der Waals surface area (Å²) in [6.07, 6.45) is 5.05. The van der Waals surface area contributed by atoms with Crippen LogP contribution < -0.4 is 0 Å². The van der Waals surface area contributed by atoms with Gasteiger partial charge in [0.05, 0.1) is 12.1 Å². The highest BCUT2D eigenvalue weighted by molar-refractivity contribution is 5.87. The Morgan fingerprint density at radius 3 is 3.00 bits per heavy atom. The minimum absolute atomic E-state index is 0.319. The molecule has 16 heavy (non-hydrogen) atoms. The second kappa shape index (κ2) is 4.66. The predicted octanol–water partition coefficient (Wildman–Crippen LogP) is 2.68. The van der Waals surface area contributed by atoms with E-state index in [0.29, 0.717) is 6.61 Å². The Balaban J connectivity index is 2.24. The Bertz CT molecular complexity index is 525. The molecular formula is C13H13NO2. The molecule has 0 atom stereocenters. The van der Waals surface area contributed by atoms with Gasteiger partial charge in [0.1, 0.15) is 0 Å². The molecule has 1 aromatic heterocycles. The number of fused-ring (bicyclic) bond motifs is 1. The lowest BCUT2D eigenvalue weighted by molar-refractivity contribution is -0.137. The summed E-state index contributed by atoms with van der Waals surface area (Å²) in [6, 6.07) is 10.00. The van der Waals surface area contributed by atoms with E-state index >= 15 is 0 Å². The first-order valence-corrected chi connectivity index (χ1v) is 5.22. The lowest BCUT2D eigenvalue weighted by Gasteiger charge is -1.98. The standard InChI is InChI=1S/C13H13NO2/c1-2-16-13(15)8-10-14-9-7-11-5-3-4-6-12(11)14/h3-10H,2H2,1H3/b10-8-. The van der Waals surface area contributed by atoms with Gasteiger partial charge in [-0.1, -0.05) is 18.2 Å². The fourth-order valence-corrected chi connectivity index (χ4v) is 1.57. The molecule has 0 unspecified atom stereocenters. The number of benzene rings is 1. The van der Waals surface area contributed by atoms with E-state index in [1.54, 1.807) is 13.1 Å². The van der Waals surface area contributed by atoms with Crippen molar-refractivity contribution in [3.8, 4) is 0 Å². The number of nitrogens with zero attached hydrogens (tertiary/aromatic N) is 1. The number of esters is 1. The molecule has 1 aromatic carbocycles. The van der Waals surface area contributed by atoms with Gasteiger partial charge in [0.25, 0.3) is 0 Å². The van der Waals surface area contributed by atoms with Gasteiger partial charge in [-0.05, 0) is 24.4 Å². The highest BCUT2D eigenvalue weighted by atomic mass is 16.5. The smallest absolute Gasteiger partial charge is 0.332 e. The van der Waals surface area contributed by atoms with Crippen LogP contribution in [-0.4, -0.2) is 17.1 Å². The van der Waals surface area contributed by atoms with E-state index in [1.165, 1.54) is 6.08 Å². The second-order valence-corrected chi connectivity index (χ2v) is 3.35. The number of hydrogen-bond donors (Lipinski definition) is 0. The van der Waals surface area contributed by atoms with Crippen molar-refractivity contribution in [2.24, 2.45) is 0 Å². The van der Waals surface area contributed by atoms with Crippen LogP contribution in [0.2, 0.25) is 0 Å². The van der Waals surface area contributed by atoms with Crippen molar-refractivity contribution >= 4 is 23.1 Å². The van der Waals surface area contributed by atoms with Crippen molar-refractivity contribution in [2.45, 2.75) is 6.92 Å². The molecule has 0 amide bonds. The quantitative estimate of drug-likeness (QED) is 0.582. The zero-order valence-electron chi connectivity index (χ0n) is 9.09. The first kappa shape index (κ1) is 10.5. The highest BCUT2D eigenvalue weighted by Gasteiger charge is 1.97. The zero-order chi connectivity index (χ0) is 11.4. The van der Waals surface area contributed by atoms with E-state index in [9.17, 15) is 4.79 Å². The zero-order valence-corrected chi connectivity index (χ0v) is 9.09. The molecule has 0 saturated carbocycles. The van der Waals surface area contributed by atoms with Crippen molar-refractivity contribution in [1.82, 2.24) is 4.57 Å². The van der Waals surface area contributed by atoms with Crippen molar-refractivity contribution in [3.05, 3.63) is 42.6 Å². The third-order valence-corrected chi connectivity index (χ3v) is 2.29. The maximum Gasteiger partial charge on any atom is 0.332 e. The van der Waals surface area contributed by atoms with Gasteiger partial charge in [-0.3, -0.25) is 0 Å². The largest absolute Gasteiger partial charge is 0.463 e. The average molecular weight is 215 g/mol. The SMILES string of the molecule is CCOC(=O)/C=C\n1ccc2ccccc21. The Labute approximate surface area is 93.9 Å². The molecule has 3 heteroatoms. The molecule has 0 N–H and O–H groups in total. The van der Waals surface area contributed by atoms with E-state index in [4.69, 9.17) is 4.74 Å².